The second-order valence-electron chi connectivity index (χ2n) is 3.89. The Morgan fingerprint density at radius 1 is 1.44 bits per heavy atom. The van der Waals surface area contributed by atoms with E-state index in [-0.39, 0.29) is 18.6 Å². The van der Waals surface area contributed by atoms with Crippen LogP contribution in [-0.2, 0) is 0 Å². The van der Waals surface area contributed by atoms with Crippen LogP contribution in [0, 0.1) is 5.92 Å². The van der Waals surface area contributed by atoms with Crippen LogP contribution in [0.2, 0.25) is 0 Å². The summed E-state index contributed by atoms with van der Waals surface area (Å²) in [5.41, 5.74) is 1.16. The van der Waals surface area contributed by atoms with Gasteiger partial charge in [0.2, 0.25) is 0 Å². The number of hydrogen-bond donors (Lipinski definition) is 2. The molecular weight excluding hydrogens is 202 g/mol. The number of benzene rings is 1. The lowest BCUT2D eigenvalue weighted by atomic mass is 9.91. The lowest BCUT2D eigenvalue weighted by molar-refractivity contribution is 0.189. The zero-order chi connectivity index (χ0) is 12.0. The van der Waals surface area contributed by atoms with E-state index in [4.69, 9.17) is 4.74 Å². The van der Waals surface area contributed by atoms with Gasteiger partial charge in [0.05, 0.1) is 7.11 Å². The zero-order valence-corrected chi connectivity index (χ0v) is 10.2. The van der Waals surface area contributed by atoms with Gasteiger partial charge in [0.25, 0.3) is 0 Å². The molecule has 0 bridgehead atoms. The molecule has 1 aromatic carbocycles. The summed E-state index contributed by atoms with van der Waals surface area (Å²) < 4.78 is 5.21. The highest BCUT2D eigenvalue weighted by Crippen LogP contribution is 2.26. The molecule has 0 saturated heterocycles. The highest BCUT2D eigenvalue weighted by molar-refractivity contribution is 5.30. The van der Waals surface area contributed by atoms with Crippen molar-refractivity contribution in [3.8, 4) is 5.75 Å². The normalized spacial score (nSPS) is 14.5. The Balaban J connectivity index is 2.93. The van der Waals surface area contributed by atoms with Crippen molar-refractivity contribution < 1.29 is 9.84 Å². The van der Waals surface area contributed by atoms with E-state index in [0.717, 1.165) is 17.7 Å². The second-order valence-corrected chi connectivity index (χ2v) is 3.89. The van der Waals surface area contributed by atoms with Crippen molar-refractivity contribution in [1.82, 2.24) is 5.32 Å². The van der Waals surface area contributed by atoms with Crippen LogP contribution in [0.1, 0.15) is 24.9 Å². The molecule has 2 unspecified atom stereocenters. The Kier molecular flexibility index (Phi) is 5.29. The van der Waals surface area contributed by atoms with E-state index in [1.165, 1.54) is 0 Å². The first-order valence-electron chi connectivity index (χ1n) is 5.68. The standard InChI is InChI=1S/C13H21NO2/c1-4-10(9-15)13(14-2)11-6-5-7-12(8-11)16-3/h5-8,10,13-15H,4,9H2,1-3H3. The number of rotatable bonds is 6. The molecule has 1 aromatic rings. The minimum Gasteiger partial charge on any atom is -0.497 e. The molecule has 0 aromatic heterocycles. The molecule has 3 heteroatoms. The van der Waals surface area contributed by atoms with E-state index in [2.05, 4.69) is 18.3 Å². The van der Waals surface area contributed by atoms with Crippen LogP contribution >= 0.6 is 0 Å². The van der Waals surface area contributed by atoms with Gasteiger partial charge in [-0.3, -0.25) is 0 Å². The fourth-order valence-electron chi connectivity index (χ4n) is 1.98. The van der Waals surface area contributed by atoms with E-state index in [0.29, 0.717) is 0 Å². The number of aliphatic hydroxyl groups excluding tert-OH is 1. The third-order valence-corrected chi connectivity index (χ3v) is 2.99. The van der Waals surface area contributed by atoms with Gasteiger partial charge in [-0.2, -0.15) is 0 Å². The number of hydrogen-bond acceptors (Lipinski definition) is 3. The Morgan fingerprint density at radius 3 is 2.69 bits per heavy atom. The zero-order valence-electron chi connectivity index (χ0n) is 10.2. The molecule has 0 saturated carbocycles. The molecule has 2 N–H and O–H groups in total. The van der Waals surface area contributed by atoms with E-state index in [1.807, 2.05) is 25.2 Å². The van der Waals surface area contributed by atoms with Crippen LogP contribution < -0.4 is 10.1 Å². The molecule has 0 spiro atoms. The molecule has 90 valence electrons. The molecule has 0 heterocycles. The molecule has 0 fully saturated rings. The van der Waals surface area contributed by atoms with E-state index in [9.17, 15) is 5.11 Å². The van der Waals surface area contributed by atoms with Gasteiger partial charge in [0, 0.05) is 18.6 Å². The van der Waals surface area contributed by atoms with Crippen molar-refractivity contribution in [3.05, 3.63) is 29.8 Å². The highest BCUT2D eigenvalue weighted by Gasteiger charge is 2.19. The quantitative estimate of drug-likeness (QED) is 0.774. The molecular formula is C13H21NO2. The van der Waals surface area contributed by atoms with E-state index in [1.54, 1.807) is 7.11 Å². The predicted molar refractivity (Wildman–Crippen MR) is 65.7 cm³/mol. The Bertz CT molecular complexity index is 311. The van der Waals surface area contributed by atoms with Crippen LogP contribution in [0.5, 0.6) is 5.75 Å². The number of methoxy groups -OCH3 is 1. The van der Waals surface area contributed by atoms with Gasteiger partial charge in [-0.05, 0) is 31.2 Å². The first kappa shape index (κ1) is 13.0. The van der Waals surface area contributed by atoms with E-state index >= 15 is 0 Å². The molecule has 0 aliphatic carbocycles. The number of aliphatic hydroxyl groups is 1. The topological polar surface area (TPSA) is 41.5 Å². The Labute approximate surface area is 97.4 Å². The second kappa shape index (κ2) is 6.51. The average Bonchev–Trinajstić information content (AvgIpc) is 2.35. The minimum absolute atomic E-state index is 0.171. The van der Waals surface area contributed by atoms with Crippen LogP contribution in [-0.4, -0.2) is 25.9 Å². The maximum atomic E-state index is 9.34. The summed E-state index contributed by atoms with van der Waals surface area (Å²) in [6.07, 6.45) is 0.944. The van der Waals surface area contributed by atoms with Gasteiger partial charge in [0.15, 0.2) is 0 Å². The van der Waals surface area contributed by atoms with Crippen LogP contribution in [0.15, 0.2) is 24.3 Å². The molecule has 3 nitrogen and oxygen atoms in total. The van der Waals surface area contributed by atoms with Crippen LogP contribution in [0.4, 0.5) is 0 Å². The smallest absolute Gasteiger partial charge is 0.119 e. The van der Waals surface area contributed by atoms with Gasteiger partial charge >= 0.3 is 0 Å². The SMILES string of the molecule is CCC(CO)C(NC)c1cccc(OC)c1. The summed E-state index contributed by atoms with van der Waals surface area (Å²) in [7, 11) is 3.58. The summed E-state index contributed by atoms with van der Waals surface area (Å²) in [5.74, 6) is 1.09. The largest absolute Gasteiger partial charge is 0.497 e. The maximum Gasteiger partial charge on any atom is 0.119 e. The highest BCUT2D eigenvalue weighted by atomic mass is 16.5. The summed E-state index contributed by atoms with van der Waals surface area (Å²) in [5, 5.41) is 12.6. The molecule has 0 aliphatic rings. The monoisotopic (exact) mass is 223 g/mol. The fraction of sp³-hybridized carbons (Fsp3) is 0.538. The molecule has 16 heavy (non-hydrogen) atoms. The van der Waals surface area contributed by atoms with Gasteiger partial charge in [0.1, 0.15) is 5.75 Å². The van der Waals surface area contributed by atoms with Gasteiger partial charge in [-0.25, -0.2) is 0 Å². The molecule has 0 amide bonds. The first-order chi connectivity index (χ1) is 7.76. The van der Waals surface area contributed by atoms with Crippen LogP contribution in [0.3, 0.4) is 0 Å². The summed E-state index contributed by atoms with van der Waals surface area (Å²) in [6, 6.07) is 8.14. The Morgan fingerprint density at radius 2 is 2.19 bits per heavy atom. The van der Waals surface area contributed by atoms with Crippen molar-refractivity contribution in [3.63, 3.8) is 0 Å². The van der Waals surface area contributed by atoms with Crippen molar-refractivity contribution in [1.29, 1.82) is 0 Å². The van der Waals surface area contributed by atoms with Crippen molar-refractivity contribution >= 4 is 0 Å². The first-order valence-corrected chi connectivity index (χ1v) is 5.68. The predicted octanol–water partition coefficient (Wildman–Crippen LogP) is 1.97. The van der Waals surface area contributed by atoms with E-state index < -0.39 is 0 Å². The Hall–Kier alpha value is -1.06. The van der Waals surface area contributed by atoms with Gasteiger partial charge in [-0.15, -0.1) is 0 Å². The molecule has 1 rings (SSSR count). The molecule has 2 atom stereocenters. The average molecular weight is 223 g/mol. The third kappa shape index (κ3) is 2.97. The summed E-state index contributed by atoms with van der Waals surface area (Å²) in [6.45, 7) is 2.28. The van der Waals surface area contributed by atoms with Gasteiger partial charge in [-0.1, -0.05) is 19.1 Å². The van der Waals surface area contributed by atoms with Gasteiger partial charge < -0.3 is 15.2 Å². The summed E-state index contributed by atoms with van der Waals surface area (Å²) in [4.78, 5) is 0. The number of nitrogens with one attached hydrogen (secondary N) is 1. The minimum atomic E-state index is 0.171. The lowest BCUT2D eigenvalue weighted by Crippen LogP contribution is -2.27. The van der Waals surface area contributed by atoms with Crippen LogP contribution in [0.25, 0.3) is 0 Å². The van der Waals surface area contributed by atoms with Crippen molar-refractivity contribution in [2.24, 2.45) is 5.92 Å². The lowest BCUT2D eigenvalue weighted by Gasteiger charge is -2.24. The maximum absolute atomic E-state index is 9.34. The molecule has 0 radical (unpaired) electrons. The molecule has 0 aliphatic heterocycles. The van der Waals surface area contributed by atoms with Crippen molar-refractivity contribution in [2.75, 3.05) is 20.8 Å². The van der Waals surface area contributed by atoms with Crippen molar-refractivity contribution in [2.45, 2.75) is 19.4 Å². The third-order valence-electron chi connectivity index (χ3n) is 2.99. The fourth-order valence-corrected chi connectivity index (χ4v) is 1.98. The number of ether oxygens (including phenoxy) is 1. The summed E-state index contributed by atoms with van der Waals surface area (Å²) >= 11 is 0.